The lowest BCUT2D eigenvalue weighted by molar-refractivity contribution is -0.122. The number of rotatable bonds is 4. The summed E-state index contributed by atoms with van der Waals surface area (Å²) in [5.41, 5.74) is 1.85. The van der Waals surface area contributed by atoms with Gasteiger partial charge in [0.05, 0.1) is 5.56 Å². The van der Waals surface area contributed by atoms with E-state index >= 15 is 0 Å². The fourth-order valence-electron chi connectivity index (χ4n) is 2.52. The van der Waals surface area contributed by atoms with Crippen molar-refractivity contribution in [3.05, 3.63) is 59.5 Å². The highest BCUT2D eigenvalue weighted by atomic mass is 16.4. The van der Waals surface area contributed by atoms with E-state index in [-0.39, 0.29) is 17.2 Å². The molecule has 2 N–H and O–H groups in total. The maximum Gasteiger partial charge on any atom is 0.335 e. The van der Waals surface area contributed by atoms with E-state index in [9.17, 15) is 14.4 Å². The molecule has 2 heterocycles. The molecule has 2 aromatic rings. The number of aromatic carboxylic acids is 1. The number of carboxylic acids is 1. The summed E-state index contributed by atoms with van der Waals surface area (Å²) in [4.78, 5) is 35.9. The van der Waals surface area contributed by atoms with Crippen LogP contribution in [-0.2, 0) is 4.79 Å². The van der Waals surface area contributed by atoms with Crippen LogP contribution in [-0.4, -0.2) is 39.0 Å². The lowest BCUT2D eigenvalue weighted by Gasteiger charge is -2.08. The van der Waals surface area contributed by atoms with E-state index in [1.807, 2.05) is 0 Å². The predicted octanol–water partition coefficient (Wildman–Crippen LogP) is 2.09. The number of nitrogens with zero attached hydrogens (tertiary/aromatic N) is 2. The lowest BCUT2D eigenvalue weighted by Crippen LogP contribution is -2.30. The fraction of sp³-hybridized carbons (Fsp3) is 0.118. The van der Waals surface area contributed by atoms with Gasteiger partial charge in [-0.05, 0) is 49.4 Å². The molecule has 1 aromatic heterocycles. The van der Waals surface area contributed by atoms with Crippen molar-refractivity contribution in [3.63, 3.8) is 0 Å². The van der Waals surface area contributed by atoms with Crippen LogP contribution in [0.5, 0.6) is 0 Å². The molecular weight excluding hydrogens is 310 g/mol. The Labute approximate surface area is 137 Å². The number of carbonyl (C=O) groups excluding carboxylic acids is 2. The van der Waals surface area contributed by atoms with Crippen molar-refractivity contribution >= 4 is 24.0 Å². The van der Waals surface area contributed by atoms with Crippen molar-refractivity contribution < 1.29 is 19.5 Å². The van der Waals surface area contributed by atoms with Crippen LogP contribution in [0, 0.1) is 0 Å². The van der Waals surface area contributed by atoms with Crippen molar-refractivity contribution in [1.82, 2.24) is 14.8 Å². The molecule has 24 heavy (non-hydrogen) atoms. The second-order valence-corrected chi connectivity index (χ2v) is 5.19. The number of likely N-dealkylation sites (N-methyl/N-ethyl adjacent to an activating group) is 1. The molecule has 0 spiro atoms. The quantitative estimate of drug-likeness (QED) is 0.665. The van der Waals surface area contributed by atoms with Crippen molar-refractivity contribution in [2.75, 3.05) is 6.54 Å². The molecule has 1 aromatic carbocycles. The topological polar surface area (TPSA) is 91.6 Å². The van der Waals surface area contributed by atoms with Crippen LogP contribution in [0.4, 0.5) is 4.79 Å². The van der Waals surface area contributed by atoms with Crippen LogP contribution >= 0.6 is 0 Å². The minimum Gasteiger partial charge on any atom is -0.478 e. The first kappa shape index (κ1) is 15.5. The van der Waals surface area contributed by atoms with Crippen LogP contribution in [0.25, 0.3) is 11.8 Å². The largest absolute Gasteiger partial charge is 0.478 e. The van der Waals surface area contributed by atoms with Gasteiger partial charge in [0.2, 0.25) is 0 Å². The lowest BCUT2D eigenvalue weighted by atomic mass is 10.2. The zero-order valence-corrected chi connectivity index (χ0v) is 12.9. The maximum atomic E-state index is 12.1. The SMILES string of the molecule is CCN1C(=O)N/C(=C\c2cccn2-c2ccc(C(=O)O)cc2)C1=O. The Hall–Kier alpha value is -3.35. The number of hydrogen-bond donors (Lipinski definition) is 2. The minimum atomic E-state index is -0.990. The minimum absolute atomic E-state index is 0.197. The van der Waals surface area contributed by atoms with Crippen molar-refractivity contribution in [2.24, 2.45) is 0 Å². The molecule has 0 aliphatic carbocycles. The predicted molar refractivity (Wildman–Crippen MR) is 86.6 cm³/mol. The smallest absolute Gasteiger partial charge is 0.335 e. The summed E-state index contributed by atoms with van der Waals surface area (Å²) in [5, 5.41) is 11.5. The van der Waals surface area contributed by atoms with Gasteiger partial charge in [0, 0.05) is 24.1 Å². The number of amides is 3. The van der Waals surface area contributed by atoms with Gasteiger partial charge in [0.15, 0.2) is 0 Å². The van der Waals surface area contributed by atoms with Gasteiger partial charge in [-0.3, -0.25) is 9.69 Å². The monoisotopic (exact) mass is 325 g/mol. The fourth-order valence-corrected chi connectivity index (χ4v) is 2.52. The molecule has 7 nitrogen and oxygen atoms in total. The summed E-state index contributed by atoms with van der Waals surface area (Å²) in [6.07, 6.45) is 3.39. The molecule has 122 valence electrons. The molecule has 3 amide bonds. The van der Waals surface area contributed by atoms with E-state index in [2.05, 4.69) is 5.32 Å². The van der Waals surface area contributed by atoms with Gasteiger partial charge in [0.1, 0.15) is 5.70 Å². The van der Waals surface area contributed by atoms with Gasteiger partial charge in [-0.15, -0.1) is 0 Å². The van der Waals surface area contributed by atoms with Gasteiger partial charge >= 0.3 is 12.0 Å². The van der Waals surface area contributed by atoms with Crippen molar-refractivity contribution in [1.29, 1.82) is 0 Å². The summed E-state index contributed by atoms with van der Waals surface area (Å²) < 4.78 is 1.80. The van der Waals surface area contributed by atoms with E-state index in [4.69, 9.17) is 5.11 Å². The summed E-state index contributed by atoms with van der Waals surface area (Å²) in [6.45, 7) is 2.03. The van der Waals surface area contributed by atoms with Gasteiger partial charge in [-0.1, -0.05) is 0 Å². The highest BCUT2D eigenvalue weighted by Crippen LogP contribution is 2.18. The first-order valence-corrected chi connectivity index (χ1v) is 7.37. The summed E-state index contributed by atoms with van der Waals surface area (Å²) in [6, 6.07) is 9.55. The van der Waals surface area contributed by atoms with E-state index in [1.54, 1.807) is 48.0 Å². The van der Waals surface area contributed by atoms with E-state index < -0.39 is 12.0 Å². The molecule has 1 aliphatic heterocycles. The summed E-state index contributed by atoms with van der Waals surface area (Å²) in [5.74, 6) is -1.35. The summed E-state index contributed by atoms with van der Waals surface area (Å²) in [7, 11) is 0. The molecule has 0 saturated carbocycles. The molecule has 0 unspecified atom stereocenters. The highest BCUT2D eigenvalue weighted by molar-refractivity contribution is 6.13. The third-order valence-electron chi connectivity index (χ3n) is 3.74. The summed E-state index contributed by atoms with van der Waals surface area (Å²) >= 11 is 0. The average molecular weight is 325 g/mol. The molecule has 0 atom stereocenters. The Balaban J connectivity index is 1.94. The van der Waals surface area contributed by atoms with E-state index in [1.165, 1.54) is 12.1 Å². The zero-order valence-electron chi connectivity index (χ0n) is 12.9. The highest BCUT2D eigenvalue weighted by Gasteiger charge is 2.32. The maximum absolute atomic E-state index is 12.1. The normalized spacial score (nSPS) is 15.9. The number of urea groups is 1. The molecular formula is C17H15N3O4. The second-order valence-electron chi connectivity index (χ2n) is 5.19. The molecule has 7 heteroatoms. The number of imide groups is 1. The molecule has 0 radical (unpaired) electrons. The van der Waals surface area contributed by atoms with Crippen LogP contribution in [0.1, 0.15) is 23.0 Å². The molecule has 3 rings (SSSR count). The van der Waals surface area contributed by atoms with E-state index in [0.29, 0.717) is 12.2 Å². The Bertz CT molecular complexity index is 849. The van der Waals surface area contributed by atoms with Crippen LogP contribution in [0.15, 0.2) is 48.3 Å². The van der Waals surface area contributed by atoms with Crippen LogP contribution in [0.3, 0.4) is 0 Å². The first-order chi connectivity index (χ1) is 11.5. The molecule has 0 bridgehead atoms. The van der Waals surface area contributed by atoms with Crippen LogP contribution < -0.4 is 5.32 Å². The zero-order chi connectivity index (χ0) is 17.3. The molecule has 1 saturated heterocycles. The molecule has 1 aliphatic rings. The molecule has 1 fully saturated rings. The number of carbonyl (C=O) groups is 3. The second kappa shape index (κ2) is 6.04. The van der Waals surface area contributed by atoms with Crippen LogP contribution in [0.2, 0.25) is 0 Å². The third-order valence-corrected chi connectivity index (χ3v) is 3.74. The number of aromatic nitrogens is 1. The Morgan fingerprint density at radius 1 is 1.21 bits per heavy atom. The Kier molecular flexibility index (Phi) is 3.91. The Morgan fingerprint density at radius 3 is 2.50 bits per heavy atom. The van der Waals surface area contributed by atoms with Gasteiger partial charge in [-0.25, -0.2) is 9.59 Å². The van der Waals surface area contributed by atoms with Crippen molar-refractivity contribution in [2.45, 2.75) is 6.92 Å². The van der Waals surface area contributed by atoms with Crippen molar-refractivity contribution in [3.8, 4) is 5.69 Å². The van der Waals surface area contributed by atoms with Gasteiger partial charge in [-0.2, -0.15) is 0 Å². The third kappa shape index (κ3) is 2.67. The standard InChI is InChI=1S/C17H15N3O4/c1-2-19-15(21)14(18-17(19)24)10-13-4-3-9-20(13)12-7-5-11(6-8-12)16(22)23/h3-10H,2H2,1H3,(H,18,24)(H,22,23)/b14-10-. The van der Waals surface area contributed by atoms with Gasteiger partial charge < -0.3 is 15.0 Å². The van der Waals surface area contributed by atoms with Gasteiger partial charge in [0.25, 0.3) is 5.91 Å². The number of carboxylic acid groups (broad SMARTS) is 1. The number of nitrogens with one attached hydrogen (secondary N) is 1. The number of benzene rings is 1. The number of hydrogen-bond acceptors (Lipinski definition) is 3. The Morgan fingerprint density at radius 2 is 1.92 bits per heavy atom. The average Bonchev–Trinajstić information content (AvgIpc) is 3.12. The first-order valence-electron chi connectivity index (χ1n) is 7.37. The van der Waals surface area contributed by atoms with E-state index in [0.717, 1.165) is 10.6 Å².